The molecule has 2 fully saturated rings. The number of hydrogen-bond acceptors (Lipinski definition) is 6. The first-order chi connectivity index (χ1) is 16.8. The van der Waals surface area contributed by atoms with Crippen LogP contribution in [0.5, 0.6) is 11.5 Å². The molecule has 0 radical (unpaired) electrons. The van der Waals surface area contributed by atoms with Crippen molar-refractivity contribution in [3.63, 3.8) is 0 Å². The number of aryl methyl sites for hydroxylation is 1. The van der Waals surface area contributed by atoms with Crippen LogP contribution in [0, 0.1) is 0 Å². The lowest BCUT2D eigenvalue weighted by atomic mass is 9.95. The molecule has 2 N–H and O–H groups in total. The van der Waals surface area contributed by atoms with Crippen LogP contribution in [-0.2, 0) is 11.2 Å². The fraction of sp³-hybridized carbons (Fsp3) is 0.538. The van der Waals surface area contributed by atoms with E-state index in [2.05, 4.69) is 28.5 Å². The van der Waals surface area contributed by atoms with Gasteiger partial charge in [0, 0.05) is 20.0 Å². The quantitative estimate of drug-likeness (QED) is 0.608. The Morgan fingerprint density at radius 1 is 1.11 bits per heavy atom. The maximum atomic E-state index is 12.7. The number of fused-ring (bicyclic) bond motifs is 1. The number of carbonyl (C=O) groups excluding carboxylic acids is 3. The normalized spacial score (nSPS) is 17.7. The Hall–Kier alpha value is -3.36. The minimum absolute atomic E-state index is 0.0587. The summed E-state index contributed by atoms with van der Waals surface area (Å²) in [6.07, 6.45) is 7.93. The molecular formula is C26H34N4O5. The van der Waals surface area contributed by atoms with Crippen LogP contribution < -0.4 is 14.8 Å². The molecule has 0 spiro atoms. The first-order valence-corrected chi connectivity index (χ1v) is 12.4. The lowest BCUT2D eigenvalue weighted by Crippen LogP contribution is -2.52. The summed E-state index contributed by atoms with van der Waals surface area (Å²) in [7, 11) is 1.64. The largest absolute Gasteiger partial charge is 0.454 e. The molecule has 9 heteroatoms. The second-order valence-electron chi connectivity index (χ2n) is 9.47. The minimum atomic E-state index is -0.754. The fourth-order valence-electron chi connectivity index (χ4n) is 4.55. The van der Waals surface area contributed by atoms with Crippen LogP contribution in [0.4, 0.5) is 0 Å². The van der Waals surface area contributed by atoms with E-state index < -0.39 is 5.54 Å². The zero-order valence-electron chi connectivity index (χ0n) is 20.7. The van der Waals surface area contributed by atoms with Gasteiger partial charge in [-0.2, -0.15) is 5.10 Å². The summed E-state index contributed by atoms with van der Waals surface area (Å²) in [5.41, 5.74) is 0.993. The number of ketones is 1. The van der Waals surface area contributed by atoms with Gasteiger partial charge >= 0.3 is 0 Å². The number of hydrogen-bond donors (Lipinski definition) is 2. The summed E-state index contributed by atoms with van der Waals surface area (Å²) >= 11 is 0. The Kier molecular flexibility index (Phi) is 7.42. The molecule has 0 unspecified atom stereocenters. The van der Waals surface area contributed by atoms with E-state index in [0.717, 1.165) is 43.6 Å². The van der Waals surface area contributed by atoms with Crippen LogP contribution in [0.1, 0.15) is 85.3 Å². The van der Waals surface area contributed by atoms with E-state index in [0.29, 0.717) is 19.6 Å². The molecule has 2 aromatic rings. The topological polar surface area (TPSA) is 114 Å². The number of nitrogens with one attached hydrogen (secondary N) is 2. The number of nitrogens with zero attached hydrogens (tertiary/aromatic N) is 2. The lowest BCUT2D eigenvalue weighted by molar-refractivity contribution is -0.127. The number of rotatable bonds is 6. The molecule has 2 saturated carbocycles. The number of aromatic amines is 1. The third kappa shape index (κ3) is 5.49. The summed E-state index contributed by atoms with van der Waals surface area (Å²) in [5.74, 6) is 1.17. The molecule has 5 rings (SSSR count). The summed E-state index contributed by atoms with van der Waals surface area (Å²) in [6.45, 7) is 3.88. The molecule has 2 aliphatic carbocycles. The van der Waals surface area contributed by atoms with Gasteiger partial charge in [-0.15, -0.1) is 0 Å². The highest BCUT2D eigenvalue weighted by atomic mass is 16.7. The first kappa shape index (κ1) is 24.8. The molecule has 1 aliphatic heterocycles. The molecular weight excluding hydrogens is 448 g/mol. The van der Waals surface area contributed by atoms with Gasteiger partial charge in [0.15, 0.2) is 17.3 Å². The van der Waals surface area contributed by atoms with E-state index in [1.807, 2.05) is 12.1 Å². The lowest BCUT2D eigenvalue weighted by Gasteiger charge is -2.30. The molecule has 3 aliphatic rings. The fourth-order valence-corrected chi connectivity index (χ4v) is 4.55. The van der Waals surface area contributed by atoms with Gasteiger partial charge in [-0.05, 0) is 55.9 Å². The number of ether oxygens (including phenoxy) is 2. The van der Waals surface area contributed by atoms with Gasteiger partial charge in [0.2, 0.25) is 12.7 Å². The highest BCUT2D eigenvalue weighted by molar-refractivity contribution is 6.01. The van der Waals surface area contributed by atoms with E-state index in [1.54, 1.807) is 7.05 Å². The van der Waals surface area contributed by atoms with Crippen molar-refractivity contribution in [2.75, 3.05) is 13.8 Å². The van der Waals surface area contributed by atoms with Crippen LogP contribution in [-0.4, -0.2) is 58.1 Å². The molecule has 35 heavy (non-hydrogen) atoms. The number of likely N-dealkylation sites (N-methyl/N-ethyl adjacent to an activating group) is 1. The second kappa shape index (κ2) is 10.5. The predicted molar refractivity (Wildman–Crippen MR) is 130 cm³/mol. The van der Waals surface area contributed by atoms with Gasteiger partial charge < -0.3 is 19.7 Å². The molecule has 0 saturated heterocycles. The maximum Gasteiger partial charge on any atom is 0.272 e. The Bertz CT molecular complexity index is 1090. The molecule has 1 aromatic heterocycles. The summed E-state index contributed by atoms with van der Waals surface area (Å²) in [5, 5.41) is 9.55. The Morgan fingerprint density at radius 2 is 1.83 bits per heavy atom. The van der Waals surface area contributed by atoms with Crippen molar-refractivity contribution in [3.05, 3.63) is 41.2 Å². The van der Waals surface area contributed by atoms with E-state index in [1.165, 1.54) is 29.9 Å². The number of H-pyrrole nitrogens is 1. The molecule has 0 bridgehead atoms. The zero-order valence-corrected chi connectivity index (χ0v) is 20.7. The molecule has 1 aromatic carbocycles. The van der Waals surface area contributed by atoms with Crippen LogP contribution in [0.25, 0.3) is 0 Å². The van der Waals surface area contributed by atoms with Crippen molar-refractivity contribution in [1.29, 1.82) is 0 Å². The second-order valence-corrected chi connectivity index (χ2v) is 9.47. The Balaban J connectivity index is 0.000000218. The molecule has 2 heterocycles. The van der Waals surface area contributed by atoms with Gasteiger partial charge in [0.25, 0.3) is 5.91 Å². The van der Waals surface area contributed by atoms with Gasteiger partial charge in [-0.25, -0.2) is 0 Å². The van der Waals surface area contributed by atoms with Gasteiger partial charge in [0.05, 0.1) is 0 Å². The minimum Gasteiger partial charge on any atom is -0.454 e. The summed E-state index contributed by atoms with van der Waals surface area (Å²) in [6, 6.07) is 7.72. The maximum absolute atomic E-state index is 12.7. The number of carbonyl (C=O) groups is 3. The summed E-state index contributed by atoms with van der Waals surface area (Å²) < 4.78 is 10.4. The molecule has 0 atom stereocenters. The third-order valence-electron chi connectivity index (χ3n) is 7.05. The van der Waals surface area contributed by atoms with Crippen molar-refractivity contribution in [3.8, 4) is 11.5 Å². The smallest absolute Gasteiger partial charge is 0.272 e. The third-order valence-corrected chi connectivity index (χ3v) is 7.05. The zero-order chi connectivity index (χ0) is 25.0. The van der Waals surface area contributed by atoms with Gasteiger partial charge in [0.1, 0.15) is 16.9 Å². The van der Waals surface area contributed by atoms with Gasteiger partial charge in [-0.1, -0.05) is 32.3 Å². The van der Waals surface area contributed by atoms with Crippen molar-refractivity contribution < 1.29 is 23.9 Å². The van der Waals surface area contributed by atoms with Crippen molar-refractivity contribution in [2.24, 2.45) is 0 Å². The number of aromatic nitrogens is 2. The van der Waals surface area contributed by atoms with Gasteiger partial charge in [-0.3, -0.25) is 19.5 Å². The number of amides is 2. The Labute approximate surface area is 205 Å². The SMILES string of the molecule is CC(=O)c1cc(C(=O)N(C)C2(C(=O)NC3CCCCC3)CC2)[nH]n1.CCc1ccc2c(c1)OCO2. The van der Waals surface area contributed by atoms with E-state index in [4.69, 9.17) is 9.47 Å². The van der Waals surface area contributed by atoms with Crippen molar-refractivity contribution in [1.82, 2.24) is 20.4 Å². The molecule has 2 amide bonds. The highest BCUT2D eigenvalue weighted by Crippen LogP contribution is 2.42. The van der Waals surface area contributed by atoms with E-state index in [9.17, 15) is 14.4 Å². The monoisotopic (exact) mass is 482 g/mol. The number of Topliss-reactive ketones (excluding diaryl/α,β-unsaturated/α-hetero) is 1. The average Bonchev–Trinajstić information content (AvgIpc) is 3.29. The Morgan fingerprint density at radius 3 is 2.46 bits per heavy atom. The average molecular weight is 483 g/mol. The van der Waals surface area contributed by atoms with Crippen LogP contribution in [0.15, 0.2) is 24.3 Å². The standard InChI is InChI=1S/C17H24N4O3.C9H10O2/c1-11(22)13-10-14(20-19-13)15(23)21(2)17(8-9-17)16(24)18-12-6-4-3-5-7-12;1-2-7-3-4-8-9(5-7)11-6-10-8/h10,12H,3-9H2,1-2H3,(H,18,24)(H,19,20);3-5H,2,6H2,1H3. The highest BCUT2D eigenvalue weighted by Gasteiger charge is 2.55. The first-order valence-electron chi connectivity index (χ1n) is 12.4. The van der Waals surface area contributed by atoms with Crippen LogP contribution in [0.3, 0.4) is 0 Å². The van der Waals surface area contributed by atoms with E-state index in [-0.39, 0.29) is 35.0 Å². The van der Waals surface area contributed by atoms with Crippen molar-refractivity contribution in [2.45, 2.75) is 76.8 Å². The molecule has 188 valence electrons. The molecule has 9 nitrogen and oxygen atoms in total. The summed E-state index contributed by atoms with van der Waals surface area (Å²) in [4.78, 5) is 38.1. The van der Waals surface area contributed by atoms with Crippen LogP contribution in [0.2, 0.25) is 0 Å². The predicted octanol–water partition coefficient (Wildman–Crippen LogP) is 3.64. The van der Waals surface area contributed by atoms with Crippen molar-refractivity contribution >= 4 is 17.6 Å². The van der Waals surface area contributed by atoms with Crippen LogP contribution >= 0.6 is 0 Å². The number of benzene rings is 1. The van der Waals surface area contributed by atoms with E-state index >= 15 is 0 Å².